The van der Waals surface area contributed by atoms with E-state index in [1.54, 1.807) is 0 Å². The van der Waals surface area contributed by atoms with Crippen LogP contribution in [0.4, 0.5) is 0 Å². The molecule has 1 aromatic heterocycles. The minimum absolute atomic E-state index is 0.967. The fraction of sp³-hybridized carbons (Fsp3) is 0.308. The summed E-state index contributed by atoms with van der Waals surface area (Å²) in [6.45, 7) is 0.967. The van der Waals surface area contributed by atoms with E-state index >= 15 is 0 Å². The molecular weight excluding hydrogens is 278 g/mol. The second-order valence-electron chi connectivity index (χ2n) is 4.04. The SMILES string of the molecule is CNCCc1cn(C)nc1-c1ccc(Br)cc1. The van der Waals surface area contributed by atoms with Crippen molar-refractivity contribution >= 4 is 15.9 Å². The first-order valence-electron chi connectivity index (χ1n) is 5.64. The van der Waals surface area contributed by atoms with Gasteiger partial charge < -0.3 is 5.32 Å². The highest BCUT2D eigenvalue weighted by atomic mass is 79.9. The van der Waals surface area contributed by atoms with Crippen LogP contribution >= 0.6 is 15.9 Å². The van der Waals surface area contributed by atoms with Crippen molar-refractivity contribution in [2.75, 3.05) is 13.6 Å². The summed E-state index contributed by atoms with van der Waals surface area (Å²) < 4.78 is 2.97. The number of likely N-dealkylation sites (N-methyl/N-ethyl adjacent to an activating group) is 1. The normalized spacial score (nSPS) is 10.8. The van der Waals surface area contributed by atoms with Crippen molar-refractivity contribution in [2.24, 2.45) is 7.05 Å². The van der Waals surface area contributed by atoms with E-state index in [1.807, 2.05) is 30.9 Å². The minimum atomic E-state index is 0.967. The molecule has 0 atom stereocenters. The van der Waals surface area contributed by atoms with Gasteiger partial charge in [0.25, 0.3) is 0 Å². The first-order chi connectivity index (χ1) is 8.20. The number of benzene rings is 1. The quantitative estimate of drug-likeness (QED) is 0.939. The van der Waals surface area contributed by atoms with Crippen LogP contribution in [0.5, 0.6) is 0 Å². The van der Waals surface area contributed by atoms with Crippen molar-refractivity contribution in [2.45, 2.75) is 6.42 Å². The van der Waals surface area contributed by atoms with Gasteiger partial charge in [-0.05, 0) is 37.7 Å². The number of hydrogen-bond donors (Lipinski definition) is 1. The molecule has 2 aromatic rings. The summed E-state index contributed by atoms with van der Waals surface area (Å²) in [5, 5.41) is 7.71. The van der Waals surface area contributed by atoms with Crippen LogP contribution in [0.2, 0.25) is 0 Å². The monoisotopic (exact) mass is 293 g/mol. The molecule has 3 nitrogen and oxygen atoms in total. The number of aromatic nitrogens is 2. The van der Waals surface area contributed by atoms with Crippen LogP contribution in [-0.4, -0.2) is 23.4 Å². The van der Waals surface area contributed by atoms with Gasteiger partial charge in [-0.1, -0.05) is 28.1 Å². The molecule has 1 aromatic carbocycles. The minimum Gasteiger partial charge on any atom is -0.319 e. The number of rotatable bonds is 4. The zero-order chi connectivity index (χ0) is 12.3. The summed E-state index contributed by atoms with van der Waals surface area (Å²) in [7, 11) is 3.93. The van der Waals surface area contributed by atoms with E-state index in [1.165, 1.54) is 11.1 Å². The maximum absolute atomic E-state index is 4.54. The molecule has 0 unspecified atom stereocenters. The van der Waals surface area contributed by atoms with E-state index in [4.69, 9.17) is 0 Å². The summed E-state index contributed by atoms with van der Waals surface area (Å²) in [5.41, 5.74) is 3.53. The molecule has 0 saturated heterocycles. The van der Waals surface area contributed by atoms with Crippen LogP contribution in [0.3, 0.4) is 0 Å². The Kier molecular flexibility index (Phi) is 3.97. The van der Waals surface area contributed by atoms with E-state index in [-0.39, 0.29) is 0 Å². The number of hydrogen-bond acceptors (Lipinski definition) is 2. The highest BCUT2D eigenvalue weighted by Gasteiger charge is 2.09. The fourth-order valence-corrected chi connectivity index (χ4v) is 2.10. The van der Waals surface area contributed by atoms with Gasteiger partial charge in [0.2, 0.25) is 0 Å². The van der Waals surface area contributed by atoms with E-state index in [2.05, 4.69) is 44.7 Å². The third kappa shape index (κ3) is 2.96. The number of nitrogens with one attached hydrogen (secondary N) is 1. The molecule has 2 rings (SSSR count). The highest BCUT2D eigenvalue weighted by Crippen LogP contribution is 2.23. The molecule has 1 N–H and O–H groups in total. The van der Waals surface area contributed by atoms with Crippen LogP contribution < -0.4 is 5.32 Å². The average Bonchev–Trinajstić information content (AvgIpc) is 2.69. The highest BCUT2D eigenvalue weighted by molar-refractivity contribution is 9.10. The fourth-order valence-electron chi connectivity index (χ4n) is 1.83. The van der Waals surface area contributed by atoms with E-state index < -0.39 is 0 Å². The first-order valence-corrected chi connectivity index (χ1v) is 6.43. The van der Waals surface area contributed by atoms with E-state index in [9.17, 15) is 0 Å². The van der Waals surface area contributed by atoms with Gasteiger partial charge in [-0.2, -0.15) is 5.10 Å². The molecule has 0 spiro atoms. The molecule has 0 saturated carbocycles. The van der Waals surface area contributed by atoms with Crippen LogP contribution in [0.15, 0.2) is 34.9 Å². The smallest absolute Gasteiger partial charge is 0.0955 e. The van der Waals surface area contributed by atoms with Crippen LogP contribution in [0.25, 0.3) is 11.3 Å². The topological polar surface area (TPSA) is 29.9 Å². The molecule has 0 aliphatic rings. The van der Waals surface area contributed by atoms with Gasteiger partial charge in [-0.15, -0.1) is 0 Å². The lowest BCUT2D eigenvalue weighted by atomic mass is 10.1. The van der Waals surface area contributed by atoms with Gasteiger partial charge in [0.1, 0.15) is 0 Å². The predicted octanol–water partition coefficient (Wildman–Crippen LogP) is 2.61. The summed E-state index contributed by atoms with van der Waals surface area (Å²) in [6.07, 6.45) is 3.09. The standard InChI is InChI=1S/C13H16BrN3/c1-15-8-7-11-9-17(2)16-13(11)10-3-5-12(14)6-4-10/h3-6,9,15H,7-8H2,1-2H3. The molecule has 0 radical (unpaired) electrons. The Morgan fingerprint density at radius 1 is 1.29 bits per heavy atom. The molecule has 0 amide bonds. The Morgan fingerprint density at radius 3 is 2.65 bits per heavy atom. The summed E-state index contributed by atoms with van der Waals surface area (Å²) in [6, 6.07) is 8.28. The summed E-state index contributed by atoms with van der Waals surface area (Å²) >= 11 is 3.45. The second kappa shape index (κ2) is 5.47. The van der Waals surface area contributed by atoms with Crippen molar-refractivity contribution < 1.29 is 0 Å². The number of halogens is 1. The maximum atomic E-state index is 4.54. The molecule has 4 heteroatoms. The molecule has 17 heavy (non-hydrogen) atoms. The lowest BCUT2D eigenvalue weighted by Gasteiger charge is -2.02. The van der Waals surface area contributed by atoms with Gasteiger partial charge in [-0.25, -0.2) is 0 Å². The molecule has 0 aliphatic carbocycles. The van der Waals surface area contributed by atoms with Crippen molar-refractivity contribution in [3.63, 3.8) is 0 Å². The molecule has 0 bridgehead atoms. The Hall–Kier alpha value is -1.13. The third-order valence-electron chi connectivity index (χ3n) is 2.67. The van der Waals surface area contributed by atoms with Crippen LogP contribution in [0.1, 0.15) is 5.56 Å². The van der Waals surface area contributed by atoms with Crippen molar-refractivity contribution in [1.82, 2.24) is 15.1 Å². The van der Waals surface area contributed by atoms with Crippen molar-refractivity contribution in [3.05, 3.63) is 40.5 Å². The van der Waals surface area contributed by atoms with Crippen molar-refractivity contribution in [3.8, 4) is 11.3 Å². The zero-order valence-corrected chi connectivity index (χ0v) is 11.7. The summed E-state index contributed by atoms with van der Waals surface area (Å²) in [4.78, 5) is 0. The Morgan fingerprint density at radius 2 is 2.00 bits per heavy atom. The predicted molar refractivity (Wildman–Crippen MR) is 74.0 cm³/mol. The number of nitrogens with zero attached hydrogens (tertiary/aromatic N) is 2. The van der Waals surface area contributed by atoms with Crippen LogP contribution in [0, 0.1) is 0 Å². The first kappa shape index (κ1) is 12.3. The van der Waals surface area contributed by atoms with Crippen molar-refractivity contribution in [1.29, 1.82) is 0 Å². The van der Waals surface area contributed by atoms with E-state index in [0.29, 0.717) is 0 Å². The van der Waals surface area contributed by atoms with Crippen LogP contribution in [-0.2, 0) is 13.5 Å². The second-order valence-corrected chi connectivity index (χ2v) is 4.95. The molecule has 0 aliphatic heterocycles. The van der Waals surface area contributed by atoms with Gasteiger partial charge in [-0.3, -0.25) is 4.68 Å². The zero-order valence-electron chi connectivity index (χ0n) is 10.1. The molecule has 90 valence electrons. The number of aryl methyl sites for hydroxylation is 1. The lowest BCUT2D eigenvalue weighted by Crippen LogP contribution is -2.10. The van der Waals surface area contributed by atoms with Gasteiger partial charge in [0.15, 0.2) is 0 Å². The Balaban J connectivity index is 2.33. The average molecular weight is 294 g/mol. The lowest BCUT2D eigenvalue weighted by molar-refractivity contribution is 0.765. The third-order valence-corrected chi connectivity index (χ3v) is 3.20. The van der Waals surface area contributed by atoms with E-state index in [0.717, 1.165) is 23.1 Å². The van der Waals surface area contributed by atoms with Gasteiger partial charge >= 0.3 is 0 Å². The molecule has 0 fully saturated rings. The maximum Gasteiger partial charge on any atom is 0.0955 e. The Labute approximate surface area is 110 Å². The Bertz CT molecular complexity index is 488. The molecule has 1 heterocycles. The van der Waals surface area contributed by atoms with Gasteiger partial charge in [0.05, 0.1) is 5.69 Å². The largest absolute Gasteiger partial charge is 0.319 e. The summed E-state index contributed by atoms with van der Waals surface area (Å²) in [5.74, 6) is 0. The van der Waals surface area contributed by atoms with Gasteiger partial charge in [0, 0.05) is 23.3 Å². The molecular formula is C13H16BrN3.